The molecule has 0 aliphatic rings. The Morgan fingerprint density at radius 3 is 2.39 bits per heavy atom. The topological polar surface area (TPSA) is 21.4 Å². The van der Waals surface area contributed by atoms with Crippen LogP contribution >= 0.6 is 0 Å². The van der Waals surface area contributed by atoms with Crippen LogP contribution in [0.1, 0.15) is 16.8 Å². The van der Waals surface area contributed by atoms with Gasteiger partial charge in [0.05, 0.1) is 12.1 Å². The fraction of sp³-hybridized carbons (Fsp3) is 0.143. The van der Waals surface area contributed by atoms with Gasteiger partial charge < -0.3 is 4.42 Å². The third-order valence-electron chi connectivity index (χ3n) is 6.11. The van der Waals surface area contributed by atoms with Crippen LogP contribution in [0, 0.1) is 27.3 Å². The highest BCUT2D eigenvalue weighted by molar-refractivity contribution is 6.13. The highest BCUT2D eigenvalue weighted by Gasteiger charge is 2.20. The number of hydrogen-bond donors (Lipinski definition) is 0. The van der Waals surface area contributed by atoms with Gasteiger partial charge in [0.25, 0.3) is 0 Å². The van der Waals surface area contributed by atoms with Gasteiger partial charge >= 0.3 is 0 Å². The predicted molar refractivity (Wildman–Crippen MR) is 126 cm³/mol. The van der Waals surface area contributed by atoms with Crippen molar-refractivity contribution in [1.29, 1.82) is 0 Å². The molecule has 0 radical (unpaired) electrons. The van der Waals surface area contributed by atoms with Crippen LogP contribution in [0.3, 0.4) is 0 Å². The zero-order valence-corrected chi connectivity index (χ0v) is 18.2. The summed E-state index contributed by atoms with van der Waals surface area (Å²) in [6, 6.07) is 22.7. The van der Waals surface area contributed by atoms with E-state index in [0.717, 1.165) is 38.6 Å². The van der Waals surface area contributed by atoms with Crippen molar-refractivity contribution in [2.45, 2.75) is 20.8 Å². The van der Waals surface area contributed by atoms with Crippen molar-refractivity contribution in [3.05, 3.63) is 95.0 Å². The smallest absolute Gasteiger partial charge is 0.213 e. The first-order valence-corrected chi connectivity index (χ1v) is 10.4. The quantitative estimate of drug-likeness (QED) is 0.225. The summed E-state index contributed by atoms with van der Waals surface area (Å²) in [4.78, 5) is 3.77. The third kappa shape index (κ3) is 3.00. The molecule has 0 fully saturated rings. The Morgan fingerprint density at radius 1 is 0.871 bits per heavy atom. The zero-order valence-electron chi connectivity index (χ0n) is 18.2. The molecule has 31 heavy (non-hydrogen) atoms. The summed E-state index contributed by atoms with van der Waals surface area (Å²) in [6.45, 7) is 14.1. The van der Waals surface area contributed by atoms with Gasteiger partial charge in [0.15, 0.2) is 11.4 Å². The van der Waals surface area contributed by atoms with E-state index in [4.69, 9.17) is 11.0 Å². The summed E-state index contributed by atoms with van der Waals surface area (Å²) in [5.41, 5.74) is 10.1. The molecule has 0 saturated carbocycles. The average Bonchev–Trinajstić information content (AvgIpc) is 3.13. The highest BCUT2D eigenvalue weighted by Crippen LogP contribution is 2.42. The number of furan rings is 1. The molecular formula is C28H23N2O+. The lowest BCUT2D eigenvalue weighted by Crippen LogP contribution is -2.35. The Hall–Kier alpha value is -3.90. The van der Waals surface area contributed by atoms with Crippen LogP contribution in [0.25, 0.3) is 49.2 Å². The summed E-state index contributed by atoms with van der Waals surface area (Å²) < 4.78 is 8.66. The van der Waals surface area contributed by atoms with E-state index in [1.54, 1.807) is 0 Å². The van der Waals surface area contributed by atoms with Crippen LogP contribution in [0.15, 0.2) is 71.1 Å². The summed E-state index contributed by atoms with van der Waals surface area (Å²) in [6.07, 6.45) is 0. The lowest BCUT2D eigenvalue weighted by Gasteiger charge is -2.07. The Kier molecular flexibility index (Phi) is 4.38. The first kappa shape index (κ1) is 19.1. The molecule has 0 N–H and O–H groups in total. The molecule has 0 saturated heterocycles. The molecule has 3 aromatic carbocycles. The SMILES string of the molecule is [C-]#[N+]c1ccc2c(oc3cc(-c4cc(C)cc(C)[n+]4C)c(C)cc32)c1-c1ccccc1. The highest BCUT2D eigenvalue weighted by atomic mass is 16.3. The van der Waals surface area contributed by atoms with E-state index in [2.05, 4.69) is 61.5 Å². The maximum absolute atomic E-state index is 7.67. The van der Waals surface area contributed by atoms with E-state index in [-0.39, 0.29) is 0 Å². The first-order chi connectivity index (χ1) is 15.0. The minimum atomic E-state index is 0.607. The average molecular weight is 404 g/mol. The van der Waals surface area contributed by atoms with Crippen molar-refractivity contribution in [3.8, 4) is 22.4 Å². The molecule has 150 valence electrons. The second-order valence-electron chi connectivity index (χ2n) is 8.20. The minimum absolute atomic E-state index is 0.607. The van der Waals surface area contributed by atoms with Crippen LogP contribution in [0.5, 0.6) is 0 Å². The third-order valence-corrected chi connectivity index (χ3v) is 6.11. The van der Waals surface area contributed by atoms with Gasteiger partial charge in [-0.2, -0.15) is 4.57 Å². The molecule has 0 aliphatic carbocycles. The second-order valence-corrected chi connectivity index (χ2v) is 8.20. The lowest BCUT2D eigenvalue weighted by atomic mass is 9.98. The maximum atomic E-state index is 7.67. The minimum Gasteiger partial charge on any atom is -0.457 e. The molecule has 3 nitrogen and oxygen atoms in total. The van der Waals surface area contributed by atoms with E-state index >= 15 is 0 Å². The van der Waals surface area contributed by atoms with Crippen LogP contribution in [-0.4, -0.2) is 0 Å². The molecule has 0 amide bonds. The van der Waals surface area contributed by atoms with Crippen molar-refractivity contribution in [2.24, 2.45) is 7.05 Å². The predicted octanol–water partition coefficient (Wildman–Crippen LogP) is 7.22. The van der Waals surface area contributed by atoms with E-state index < -0.39 is 0 Å². The Morgan fingerprint density at radius 2 is 1.65 bits per heavy atom. The number of pyridine rings is 1. The number of rotatable bonds is 2. The van der Waals surface area contributed by atoms with Gasteiger partial charge in [-0.1, -0.05) is 42.5 Å². The van der Waals surface area contributed by atoms with Crippen molar-refractivity contribution >= 4 is 27.6 Å². The molecule has 0 unspecified atom stereocenters. The van der Waals surface area contributed by atoms with Gasteiger partial charge in [0, 0.05) is 35.4 Å². The fourth-order valence-electron chi connectivity index (χ4n) is 4.47. The van der Waals surface area contributed by atoms with Crippen molar-refractivity contribution in [1.82, 2.24) is 0 Å². The van der Waals surface area contributed by atoms with Gasteiger partial charge in [-0.05, 0) is 42.7 Å². The van der Waals surface area contributed by atoms with Gasteiger partial charge in [-0.25, -0.2) is 4.85 Å². The normalized spacial score (nSPS) is 11.2. The van der Waals surface area contributed by atoms with Crippen LogP contribution < -0.4 is 4.57 Å². The summed E-state index contributed by atoms with van der Waals surface area (Å²) in [7, 11) is 2.10. The second kappa shape index (κ2) is 7.11. The lowest BCUT2D eigenvalue weighted by molar-refractivity contribution is -0.666. The zero-order chi connectivity index (χ0) is 21.7. The van der Waals surface area contributed by atoms with Crippen LogP contribution in [0.4, 0.5) is 5.69 Å². The largest absolute Gasteiger partial charge is 0.457 e. The van der Waals surface area contributed by atoms with E-state index in [0.29, 0.717) is 5.69 Å². The summed E-state index contributed by atoms with van der Waals surface area (Å²) in [5, 5.41) is 2.12. The number of nitrogens with zero attached hydrogens (tertiary/aromatic N) is 2. The van der Waals surface area contributed by atoms with Gasteiger partial charge in [-0.3, -0.25) is 0 Å². The molecule has 0 spiro atoms. The number of aromatic nitrogens is 1. The monoisotopic (exact) mass is 403 g/mol. The first-order valence-electron chi connectivity index (χ1n) is 10.4. The van der Waals surface area contributed by atoms with E-state index in [9.17, 15) is 0 Å². The van der Waals surface area contributed by atoms with E-state index in [1.165, 1.54) is 22.5 Å². The Balaban J connectivity index is 1.84. The number of aryl methyl sites for hydroxylation is 3. The van der Waals surface area contributed by atoms with Gasteiger partial charge in [-0.15, -0.1) is 0 Å². The van der Waals surface area contributed by atoms with Crippen LogP contribution in [0.2, 0.25) is 0 Å². The molecular weight excluding hydrogens is 380 g/mol. The molecule has 3 heteroatoms. The number of hydrogen-bond acceptors (Lipinski definition) is 1. The molecule has 0 aliphatic heterocycles. The molecule has 2 heterocycles. The summed E-state index contributed by atoms with van der Waals surface area (Å²) >= 11 is 0. The maximum Gasteiger partial charge on any atom is 0.213 e. The molecule has 2 aromatic heterocycles. The van der Waals surface area contributed by atoms with Crippen molar-refractivity contribution in [2.75, 3.05) is 0 Å². The van der Waals surface area contributed by atoms with Gasteiger partial charge in [0.1, 0.15) is 18.2 Å². The van der Waals surface area contributed by atoms with Crippen molar-refractivity contribution < 1.29 is 8.98 Å². The van der Waals surface area contributed by atoms with E-state index in [1.807, 2.05) is 42.5 Å². The Labute approximate surface area is 182 Å². The van der Waals surface area contributed by atoms with Gasteiger partial charge in [0.2, 0.25) is 5.69 Å². The fourth-order valence-corrected chi connectivity index (χ4v) is 4.47. The number of benzene rings is 3. The number of fused-ring (bicyclic) bond motifs is 3. The molecule has 0 bridgehead atoms. The molecule has 5 aromatic rings. The Bertz CT molecular complexity index is 1520. The summed E-state index contributed by atoms with van der Waals surface area (Å²) in [5.74, 6) is 0. The van der Waals surface area contributed by atoms with Crippen molar-refractivity contribution in [3.63, 3.8) is 0 Å². The standard InChI is InChI=1S/C28H23N2O/c1-17-13-19(3)30(5)25(14-17)22-16-26-23(15-18(22)2)21-11-12-24(29-4)27(28(21)31-26)20-9-7-6-8-10-20/h6-16H,1-3,5H3/q+1. The molecule has 0 atom stereocenters. The van der Waals surface area contributed by atoms with Crippen LogP contribution in [-0.2, 0) is 7.05 Å². The molecule has 5 rings (SSSR count).